The van der Waals surface area contributed by atoms with Gasteiger partial charge in [0.05, 0.1) is 22.9 Å². The summed E-state index contributed by atoms with van der Waals surface area (Å²) in [6.07, 6.45) is -0.0951. The molecule has 0 unspecified atom stereocenters. The van der Waals surface area contributed by atoms with Gasteiger partial charge < -0.3 is 0 Å². The van der Waals surface area contributed by atoms with E-state index in [4.69, 9.17) is 0 Å². The Labute approximate surface area is 100 Å². The number of ketones is 1. The topological polar surface area (TPSA) is 47.8 Å². The molecule has 0 fully saturated rings. The Morgan fingerprint density at radius 1 is 1.33 bits per heavy atom. The molecule has 0 saturated heterocycles. The van der Waals surface area contributed by atoms with E-state index in [0.29, 0.717) is 0 Å². The second-order valence-electron chi connectivity index (χ2n) is 3.65. The molecule has 0 aliphatic carbocycles. The molecule has 0 aromatic carbocycles. The summed E-state index contributed by atoms with van der Waals surface area (Å²) in [6.45, 7) is 0. The first-order valence-corrected chi connectivity index (χ1v) is 4.94. The van der Waals surface area contributed by atoms with Crippen molar-refractivity contribution < 1.29 is 18.0 Å². The maximum Gasteiger partial charge on any atom is 0.417 e. The van der Waals surface area contributed by atoms with Crippen molar-refractivity contribution in [1.82, 2.24) is 14.8 Å². The van der Waals surface area contributed by atoms with Gasteiger partial charge in [0.15, 0.2) is 5.78 Å². The Hall–Kier alpha value is -2.18. The molecular formula is C11H8F3N3O. The van der Waals surface area contributed by atoms with Gasteiger partial charge in [0.25, 0.3) is 0 Å². The van der Waals surface area contributed by atoms with Crippen LogP contribution in [-0.4, -0.2) is 20.5 Å². The first-order valence-electron chi connectivity index (χ1n) is 4.94. The summed E-state index contributed by atoms with van der Waals surface area (Å²) in [7, 11) is 1.57. The predicted molar refractivity (Wildman–Crippen MR) is 55.9 cm³/mol. The Balaban J connectivity index is 2.49. The molecular weight excluding hydrogens is 247 g/mol. The fourth-order valence-corrected chi connectivity index (χ4v) is 1.52. The highest BCUT2D eigenvalue weighted by Crippen LogP contribution is 2.32. The van der Waals surface area contributed by atoms with Crippen LogP contribution in [0.4, 0.5) is 13.2 Å². The van der Waals surface area contributed by atoms with Gasteiger partial charge >= 0.3 is 6.18 Å². The number of alkyl halides is 3. The number of aryl methyl sites for hydroxylation is 1. The maximum absolute atomic E-state index is 12.7. The summed E-state index contributed by atoms with van der Waals surface area (Å²) in [5, 5.41) is 3.75. The summed E-state index contributed by atoms with van der Waals surface area (Å²) in [5.41, 5.74) is -1.37. The molecule has 0 radical (unpaired) electrons. The van der Waals surface area contributed by atoms with Crippen LogP contribution in [0, 0.1) is 0 Å². The van der Waals surface area contributed by atoms with Crippen molar-refractivity contribution in [3.63, 3.8) is 0 Å². The van der Waals surface area contributed by atoms with Crippen LogP contribution in [0.3, 0.4) is 0 Å². The van der Waals surface area contributed by atoms with Crippen LogP contribution in [0.15, 0.2) is 30.9 Å². The molecule has 2 rings (SSSR count). The molecule has 4 nitrogen and oxygen atoms in total. The zero-order chi connectivity index (χ0) is 13.3. The van der Waals surface area contributed by atoms with Crippen LogP contribution < -0.4 is 0 Å². The number of hydrogen-bond acceptors (Lipinski definition) is 3. The maximum atomic E-state index is 12.7. The molecule has 0 spiro atoms. The molecule has 2 aromatic rings. The van der Waals surface area contributed by atoms with E-state index >= 15 is 0 Å². The monoisotopic (exact) mass is 255 g/mol. The molecule has 7 heteroatoms. The molecule has 18 heavy (non-hydrogen) atoms. The summed E-state index contributed by atoms with van der Waals surface area (Å²) in [6, 6.07) is 0.781. The van der Waals surface area contributed by atoms with E-state index in [-0.39, 0.29) is 5.56 Å². The van der Waals surface area contributed by atoms with Crippen molar-refractivity contribution >= 4 is 5.78 Å². The lowest BCUT2D eigenvalue weighted by atomic mass is 10.0. The second-order valence-corrected chi connectivity index (χ2v) is 3.65. The van der Waals surface area contributed by atoms with Crippen LogP contribution in [0.2, 0.25) is 0 Å². The Morgan fingerprint density at radius 2 is 2.06 bits per heavy atom. The van der Waals surface area contributed by atoms with Gasteiger partial charge in [0.1, 0.15) is 0 Å². The zero-order valence-corrected chi connectivity index (χ0v) is 9.27. The van der Waals surface area contributed by atoms with Gasteiger partial charge in [-0.2, -0.15) is 18.3 Å². The normalized spacial score (nSPS) is 11.6. The molecule has 0 aliphatic rings. The predicted octanol–water partition coefficient (Wildman–Crippen LogP) is 2.06. The van der Waals surface area contributed by atoms with E-state index in [1.54, 1.807) is 7.05 Å². The van der Waals surface area contributed by atoms with E-state index < -0.39 is 23.1 Å². The standard InChI is InChI=1S/C11H8F3N3O/c1-17-6-7(4-16-17)10(18)8-5-15-3-2-9(8)11(12,13)14/h2-6H,1H3. The lowest BCUT2D eigenvalue weighted by molar-refractivity contribution is -0.137. The molecule has 0 saturated carbocycles. The van der Waals surface area contributed by atoms with Crippen molar-refractivity contribution in [2.45, 2.75) is 6.18 Å². The molecule has 2 heterocycles. The minimum Gasteiger partial charge on any atom is -0.288 e. The van der Waals surface area contributed by atoms with Crippen molar-refractivity contribution in [2.75, 3.05) is 0 Å². The lowest BCUT2D eigenvalue weighted by Gasteiger charge is -2.10. The van der Waals surface area contributed by atoms with Gasteiger partial charge in [-0.1, -0.05) is 0 Å². The van der Waals surface area contributed by atoms with Gasteiger partial charge in [-0.25, -0.2) is 0 Å². The summed E-state index contributed by atoms with van der Waals surface area (Å²) >= 11 is 0. The second kappa shape index (κ2) is 4.25. The number of nitrogens with zero attached hydrogens (tertiary/aromatic N) is 3. The first kappa shape index (κ1) is 12.3. The van der Waals surface area contributed by atoms with Crippen molar-refractivity contribution in [3.8, 4) is 0 Å². The fourth-order valence-electron chi connectivity index (χ4n) is 1.52. The SMILES string of the molecule is Cn1cc(C(=O)c2cnccc2C(F)(F)F)cn1. The molecule has 0 N–H and O–H groups in total. The van der Waals surface area contributed by atoms with Crippen LogP contribution in [-0.2, 0) is 13.2 Å². The van der Waals surface area contributed by atoms with Gasteiger partial charge in [-0.15, -0.1) is 0 Å². The number of aromatic nitrogens is 3. The minimum absolute atomic E-state index is 0.0935. The smallest absolute Gasteiger partial charge is 0.288 e. The number of halogens is 3. The Bertz CT molecular complexity index is 589. The van der Waals surface area contributed by atoms with Crippen LogP contribution in [0.1, 0.15) is 21.5 Å². The van der Waals surface area contributed by atoms with E-state index in [1.807, 2.05) is 0 Å². The average molecular weight is 255 g/mol. The van der Waals surface area contributed by atoms with Crippen molar-refractivity contribution in [3.05, 3.63) is 47.5 Å². The van der Waals surface area contributed by atoms with Crippen molar-refractivity contribution in [2.24, 2.45) is 7.05 Å². The number of hydrogen-bond donors (Lipinski definition) is 0. The number of carbonyl (C=O) groups is 1. The molecule has 0 amide bonds. The van der Waals surface area contributed by atoms with Gasteiger partial charge in [-0.3, -0.25) is 14.5 Å². The van der Waals surface area contributed by atoms with E-state index in [0.717, 1.165) is 18.5 Å². The van der Waals surface area contributed by atoms with Gasteiger partial charge in [0.2, 0.25) is 0 Å². The Kier molecular flexibility index (Phi) is 2.90. The van der Waals surface area contributed by atoms with Crippen LogP contribution >= 0.6 is 0 Å². The summed E-state index contributed by atoms with van der Waals surface area (Å²) < 4.78 is 39.5. The highest BCUT2D eigenvalue weighted by molar-refractivity contribution is 6.09. The highest BCUT2D eigenvalue weighted by atomic mass is 19.4. The molecule has 0 atom stereocenters. The third-order valence-corrected chi connectivity index (χ3v) is 2.34. The van der Waals surface area contributed by atoms with Gasteiger partial charge in [0, 0.05) is 25.6 Å². The third kappa shape index (κ3) is 2.24. The van der Waals surface area contributed by atoms with Gasteiger partial charge in [-0.05, 0) is 6.07 Å². The highest BCUT2D eigenvalue weighted by Gasteiger charge is 2.35. The van der Waals surface area contributed by atoms with E-state index in [2.05, 4.69) is 10.1 Å². The quantitative estimate of drug-likeness (QED) is 0.772. The largest absolute Gasteiger partial charge is 0.417 e. The third-order valence-electron chi connectivity index (χ3n) is 2.34. The summed E-state index contributed by atoms with van der Waals surface area (Å²) in [4.78, 5) is 15.5. The fraction of sp³-hybridized carbons (Fsp3) is 0.182. The van der Waals surface area contributed by atoms with E-state index in [9.17, 15) is 18.0 Å². The first-order chi connectivity index (χ1) is 8.39. The number of carbonyl (C=O) groups excluding carboxylic acids is 1. The zero-order valence-electron chi connectivity index (χ0n) is 9.27. The molecule has 0 bridgehead atoms. The van der Waals surface area contributed by atoms with Crippen molar-refractivity contribution in [1.29, 1.82) is 0 Å². The van der Waals surface area contributed by atoms with Crippen LogP contribution in [0.25, 0.3) is 0 Å². The summed E-state index contributed by atoms with van der Waals surface area (Å²) in [5.74, 6) is -0.747. The molecule has 2 aromatic heterocycles. The minimum atomic E-state index is -4.59. The van der Waals surface area contributed by atoms with Crippen LogP contribution in [0.5, 0.6) is 0 Å². The molecule has 94 valence electrons. The lowest BCUT2D eigenvalue weighted by Crippen LogP contribution is -2.14. The Morgan fingerprint density at radius 3 is 2.61 bits per heavy atom. The molecule has 0 aliphatic heterocycles. The average Bonchev–Trinajstić information content (AvgIpc) is 2.74. The van der Waals surface area contributed by atoms with E-state index in [1.165, 1.54) is 17.1 Å². The number of pyridine rings is 1. The number of rotatable bonds is 2.